The highest BCUT2D eigenvalue weighted by Crippen LogP contribution is 2.38. The number of rotatable bonds is 3. The van der Waals surface area contributed by atoms with Crippen LogP contribution in [0, 0.1) is 10.1 Å². The van der Waals surface area contributed by atoms with E-state index in [9.17, 15) is 23.3 Å². The van der Waals surface area contributed by atoms with Gasteiger partial charge in [0.2, 0.25) is 5.16 Å². The van der Waals surface area contributed by atoms with Crippen LogP contribution in [0.25, 0.3) is 0 Å². The molecule has 0 aliphatic heterocycles. The zero-order valence-corrected chi connectivity index (χ0v) is 13.2. The van der Waals surface area contributed by atoms with E-state index in [1.165, 1.54) is 0 Å². The first-order chi connectivity index (χ1) is 10.5. The van der Waals surface area contributed by atoms with E-state index in [0.717, 1.165) is 23.9 Å². The largest absolute Gasteiger partial charge is 0.416 e. The first-order valence-corrected chi connectivity index (χ1v) is 7.26. The van der Waals surface area contributed by atoms with Crippen molar-refractivity contribution in [2.75, 3.05) is 0 Å². The van der Waals surface area contributed by atoms with Gasteiger partial charge in [-0.15, -0.1) is 5.10 Å². The second-order valence-electron chi connectivity index (χ2n) is 5.76. The molecule has 1 aromatic heterocycles. The molecule has 1 heterocycles. The summed E-state index contributed by atoms with van der Waals surface area (Å²) in [4.78, 5) is 14.4. The van der Waals surface area contributed by atoms with Gasteiger partial charge in [0.05, 0.1) is 15.4 Å². The van der Waals surface area contributed by atoms with Gasteiger partial charge in [0.15, 0.2) is 0 Å². The summed E-state index contributed by atoms with van der Waals surface area (Å²) < 4.78 is 38.0. The lowest BCUT2D eigenvalue weighted by Gasteiger charge is -2.12. The van der Waals surface area contributed by atoms with Crippen molar-refractivity contribution in [1.29, 1.82) is 0 Å². The Bertz CT molecular complexity index is 738. The molecule has 0 saturated carbocycles. The van der Waals surface area contributed by atoms with Crippen LogP contribution < -0.4 is 0 Å². The van der Waals surface area contributed by atoms with Crippen LogP contribution in [0.4, 0.5) is 18.9 Å². The fourth-order valence-electron chi connectivity index (χ4n) is 1.65. The molecule has 6 nitrogen and oxygen atoms in total. The summed E-state index contributed by atoms with van der Waals surface area (Å²) in [5, 5.41) is 17.9. The summed E-state index contributed by atoms with van der Waals surface area (Å²) in [5.41, 5.74) is -2.00. The van der Waals surface area contributed by atoms with Crippen molar-refractivity contribution in [3.05, 3.63) is 39.7 Å². The van der Waals surface area contributed by atoms with Gasteiger partial charge in [0.1, 0.15) is 5.82 Å². The van der Waals surface area contributed by atoms with Gasteiger partial charge in [-0.05, 0) is 23.9 Å². The molecule has 23 heavy (non-hydrogen) atoms. The third-order valence-corrected chi connectivity index (χ3v) is 3.79. The molecule has 2 aromatic rings. The Hall–Kier alpha value is -2.10. The number of nitro groups is 1. The first-order valence-electron chi connectivity index (χ1n) is 6.45. The van der Waals surface area contributed by atoms with E-state index in [1.807, 2.05) is 20.8 Å². The van der Waals surface area contributed by atoms with Crippen molar-refractivity contribution in [3.8, 4) is 0 Å². The molecule has 0 unspecified atom stereocenters. The van der Waals surface area contributed by atoms with Crippen LogP contribution in [-0.2, 0) is 11.6 Å². The number of nitrogens with one attached hydrogen (secondary N) is 1. The summed E-state index contributed by atoms with van der Waals surface area (Å²) in [5.74, 6) is 0.578. The van der Waals surface area contributed by atoms with Gasteiger partial charge >= 0.3 is 6.18 Å². The SMILES string of the molecule is CC(C)(C)c1nc(Sc2ccc(C(F)(F)F)cc2[N+](=O)[O-])n[nH]1. The average Bonchev–Trinajstić information content (AvgIpc) is 2.86. The number of halogens is 3. The fourth-order valence-corrected chi connectivity index (χ4v) is 2.45. The Balaban J connectivity index is 2.36. The van der Waals surface area contributed by atoms with Gasteiger partial charge < -0.3 is 0 Å². The maximum Gasteiger partial charge on any atom is 0.416 e. The predicted octanol–water partition coefficient (Wildman–Crippen LogP) is 4.18. The highest BCUT2D eigenvalue weighted by atomic mass is 32.2. The predicted molar refractivity (Wildman–Crippen MR) is 77.3 cm³/mol. The molecule has 0 radical (unpaired) electrons. The molecule has 0 atom stereocenters. The average molecular weight is 346 g/mol. The lowest BCUT2D eigenvalue weighted by Crippen LogP contribution is -2.13. The number of hydrogen-bond acceptors (Lipinski definition) is 5. The number of aromatic amines is 1. The number of nitrogens with zero attached hydrogens (tertiary/aromatic N) is 3. The smallest absolute Gasteiger partial charge is 0.262 e. The Morgan fingerprint density at radius 3 is 2.39 bits per heavy atom. The Morgan fingerprint density at radius 2 is 1.91 bits per heavy atom. The molecule has 0 fully saturated rings. The highest BCUT2D eigenvalue weighted by Gasteiger charge is 2.33. The van der Waals surface area contributed by atoms with Crippen molar-refractivity contribution < 1.29 is 18.1 Å². The summed E-state index contributed by atoms with van der Waals surface area (Å²) in [7, 11) is 0. The Kier molecular flexibility index (Phi) is 4.38. The number of alkyl halides is 3. The van der Waals surface area contributed by atoms with Crippen LogP contribution in [0.15, 0.2) is 28.3 Å². The second-order valence-corrected chi connectivity index (χ2v) is 6.77. The molecule has 0 bridgehead atoms. The zero-order chi connectivity index (χ0) is 17.4. The van der Waals surface area contributed by atoms with Gasteiger partial charge in [-0.3, -0.25) is 15.2 Å². The molecule has 0 aliphatic rings. The van der Waals surface area contributed by atoms with Crippen molar-refractivity contribution in [1.82, 2.24) is 15.2 Å². The maximum atomic E-state index is 12.7. The van der Waals surface area contributed by atoms with E-state index in [4.69, 9.17) is 0 Å². The summed E-state index contributed by atoms with van der Waals surface area (Å²) in [6.07, 6.45) is -4.64. The van der Waals surface area contributed by atoms with E-state index < -0.39 is 22.4 Å². The second kappa shape index (κ2) is 5.84. The van der Waals surface area contributed by atoms with Crippen LogP contribution in [-0.4, -0.2) is 20.1 Å². The van der Waals surface area contributed by atoms with Crippen LogP contribution in [0.2, 0.25) is 0 Å². The standard InChI is InChI=1S/C13H13F3N4O2S/c1-12(2,3)10-17-11(19-18-10)23-9-5-4-7(13(14,15)16)6-8(9)20(21)22/h4-6H,1-3H3,(H,17,18,19). The molecule has 2 rings (SSSR count). The van der Waals surface area contributed by atoms with E-state index in [2.05, 4.69) is 15.2 Å². The Morgan fingerprint density at radius 1 is 1.26 bits per heavy atom. The quantitative estimate of drug-likeness (QED) is 0.666. The molecule has 124 valence electrons. The number of nitro benzene ring substituents is 1. The molecular weight excluding hydrogens is 333 g/mol. The van der Waals surface area contributed by atoms with Gasteiger partial charge in [0.25, 0.3) is 5.69 Å². The van der Waals surface area contributed by atoms with Gasteiger partial charge in [-0.2, -0.15) is 13.2 Å². The molecule has 0 spiro atoms. The Labute approximate surface area is 133 Å². The maximum absolute atomic E-state index is 12.7. The lowest BCUT2D eigenvalue weighted by molar-refractivity contribution is -0.388. The third-order valence-electron chi connectivity index (χ3n) is 2.86. The van der Waals surface area contributed by atoms with Crippen molar-refractivity contribution in [3.63, 3.8) is 0 Å². The van der Waals surface area contributed by atoms with Crippen molar-refractivity contribution in [2.45, 2.75) is 42.4 Å². The molecule has 0 saturated heterocycles. The monoisotopic (exact) mass is 346 g/mol. The van der Waals surface area contributed by atoms with E-state index in [1.54, 1.807) is 0 Å². The van der Waals surface area contributed by atoms with Crippen LogP contribution in [0.5, 0.6) is 0 Å². The van der Waals surface area contributed by atoms with Crippen LogP contribution >= 0.6 is 11.8 Å². The van der Waals surface area contributed by atoms with E-state index >= 15 is 0 Å². The molecule has 0 aliphatic carbocycles. The van der Waals surface area contributed by atoms with Crippen molar-refractivity contribution in [2.24, 2.45) is 0 Å². The van der Waals surface area contributed by atoms with E-state index in [-0.39, 0.29) is 15.5 Å². The molecular formula is C13H13F3N4O2S. The molecule has 1 N–H and O–H groups in total. The zero-order valence-electron chi connectivity index (χ0n) is 12.4. The van der Waals surface area contributed by atoms with Gasteiger partial charge in [-0.1, -0.05) is 20.8 Å². The third kappa shape index (κ3) is 4.01. The number of benzene rings is 1. The fraction of sp³-hybridized carbons (Fsp3) is 0.385. The normalized spacial score (nSPS) is 12.4. The molecule has 0 amide bonds. The van der Waals surface area contributed by atoms with Crippen molar-refractivity contribution >= 4 is 17.4 Å². The molecule has 10 heteroatoms. The molecule has 1 aromatic carbocycles. The topological polar surface area (TPSA) is 84.7 Å². The number of hydrogen-bond donors (Lipinski definition) is 1. The number of aromatic nitrogens is 3. The van der Waals surface area contributed by atoms with Gasteiger partial charge in [0, 0.05) is 11.5 Å². The number of H-pyrrole nitrogens is 1. The van der Waals surface area contributed by atoms with E-state index in [0.29, 0.717) is 11.9 Å². The highest BCUT2D eigenvalue weighted by molar-refractivity contribution is 7.99. The summed E-state index contributed by atoms with van der Waals surface area (Å²) in [6.45, 7) is 5.72. The van der Waals surface area contributed by atoms with Crippen LogP contribution in [0.1, 0.15) is 32.2 Å². The van der Waals surface area contributed by atoms with Crippen LogP contribution in [0.3, 0.4) is 0 Å². The minimum absolute atomic E-state index is 0.0439. The first kappa shape index (κ1) is 17.3. The summed E-state index contributed by atoms with van der Waals surface area (Å²) in [6, 6.07) is 2.37. The minimum Gasteiger partial charge on any atom is -0.262 e. The lowest BCUT2D eigenvalue weighted by atomic mass is 9.96. The summed E-state index contributed by atoms with van der Waals surface area (Å²) >= 11 is 0.836. The van der Waals surface area contributed by atoms with Gasteiger partial charge in [-0.25, -0.2) is 4.98 Å². The minimum atomic E-state index is -4.64.